The van der Waals surface area contributed by atoms with Gasteiger partial charge in [-0.2, -0.15) is 0 Å². The molecular weight excluding hydrogens is 266 g/mol. The highest BCUT2D eigenvalue weighted by molar-refractivity contribution is 7.99. The Balaban J connectivity index is 2.22. The lowest BCUT2D eigenvalue weighted by atomic mass is 10.2. The Morgan fingerprint density at radius 2 is 1.89 bits per heavy atom. The Morgan fingerprint density at radius 3 is 2.50 bits per heavy atom. The van der Waals surface area contributed by atoms with E-state index in [4.69, 9.17) is 22.1 Å². The van der Waals surface area contributed by atoms with E-state index in [0.717, 1.165) is 26.1 Å². The van der Waals surface area contributed by atoms with Gasteiger partial charge >= 0.3 is 0 Å². The van der Waals surface area contributed by atoms with Crippen LogP contribution < -0.4 is 10.5 Å². The smallest absolute Gasteiger partial charge is 0.118 e. The standard InChI is InChI=1S/C14H14ClNOS/c1-17-12-3-5-13(6-4-12)18-14-7-2-11(15)8-10(14)9-16/h2-8H,9,16H2,1H3. The zero-order valence-corrected chi connectivity index (χ0v) is 11.6. The van der Waals surface area contributed by atoms with E-state index in [2.05, 4.69) is 0 Å². The van der Waals surface area contributed by atoms with E-state index in [0.29, 0.717) is 6.54 Å². The second kappa shape index (κ2) is 6.14. The molecule has 2 aromatic carbocycles. The molecule has 0 aromatic heterocycles. The van der Waals surface area contributed by atoms with Crippen LogP contribution in [0.4, 0.5) is 0 Å². The molecule has 0 aliphatic rings. The predicted octanol–water partition coefficient (Wildman–Crippen LogP) is 3.96. The fraction of sp³-hybridized carbons (Fsp3) is 0.143. The lowest BCUT2D eigenvalue weighted by Crippen LogP contribution is -1.98. The highest BCUT2D eigenvalue weighted by Gasteiger charge is 2.04. The summed E-state index contributed by atoms with van der Waals surface area (Å²) in [5.74, 6) is 0.856. The van der Waals surface area contributed by atoms with Crippen LogP contribution in [0.3, 0.4) is 0 Å². The van der Waals surface area contributed by atoms with Crippen molar-refractivity contribution in [2.75, 3.05) is 7.11 Å². The molecule has 4 heteroatoms. The molecule has 2 rings (SSSR count). The number of hydrogen-bond acceptors (Lipinski definition) is 3. The number of hydrogen-bond donors (Lipinski definition) is 1. The predicted molar refractivity (Wildman–Crippen MR) is 76.5 cm³/mol. The lowest BCUT2D eigenvalue weighted by molar-refractivity contribution is 0.414. The van der Waals surface area contributed by atoms with Crippen molar-refractivity contribution in [3.05, 3.63) is 53.1 Å². The Labute approximate surface area is 116 Å². The van der Waals surface area contributed by atoms with E-state index in [1.54, 1.807) is 18.9 Å². The van der Waals surface area contributed by atoms with Gasteiger partial charge in [-0.25, -0.2) is 0 Å². The average Bonchev–Trinajstić information content (AvgIpc) is 2.41. The minimum atomic E-state index is 0.485. The summed E-state index contributed by atoms with van der Waals surface area (Å²) in [6.07, 6.45) is 0. The third-order valence-electron chi connectivity index (χ3n) is 2.53. The third-order valence-corrected chi connectivity index (χ3v) is 3.89. The molecular formula is C14H14ClNOS. The van der Waals surface area contributed by atoms with Crippen molar-refractivity contribution in [2.24, 2.45) is 5.73 Å². The molecule has 0 aliphatic carbocycles. The SMILES string of the molecule is COc1ccc(Sc2ccc(Cl)cc2CN)cc1. The Bertz CT molecular complexity index is 528. The molecule has 0 saturated heterocycles. The average molecular weight is 280 g/mol. The molecule has 0 amide bonds. The molecule has 0 bridgehead atoms. The second-order valence-corrected chi connectivity index (χ2v) is 5.29. The van der Waals surface area contributed by atoms with Gasteiger partial charge in [-0.15, -0.1) is 0 Å². The number of ether oxygens (including phenoxy) is 1. The summed E-state index contributed by atoms with van der Waals surface area (Å²) < 4.78 is 5.13. The molecule has 0 heterocycles. The van der Waals surface area contributed by atoms with Gasteiger partial charge in [0.1, 0.15) is 5.75 Å². The van der Waals surface area contributed by atoms with E-state index in [-0.39, 0.29) is 0 Å². The van der Waals surface area contributed by atoms with Gasteiger partial charge in [0.25, 0.3) is 0 Å². The van der Waals surface area contributed by atoms with Crippen molar-refractivity contribution >= 4 is 23.4 Å². The molecule has 0 aliphatic heterocycles. The van der Waals surface area contributed by atoms with Gasteiger partial charge in [0.05, 0.1) is 7.11 Å². The summed E-state index contributed by atoms with van der Waals surface area (Å²) in [5, 5.41) is 0.717. The summed E-state index contributed by atoms with van der Waals surface area (Å²) in [4.78, 5) is 2.28. The quantitative estimate of drug-likeness (QED) is 0.920. The van der Waals surface area contributed by atoms with Crippen molar-refractivity contribution in [3.63, 3.8) is 0 Å². The maximum absolute atomic E-state index is 5.96. The first-order valence-electron chi connectivity index (χ1n) is 5.53. The molecule has 0 spiro atoms. The summed E-state index contributed by atoms with van der Waals surface area (Å²) in [7, 11) is 1.66. The van der Waals surface area contributed by atoms with Crippen LogP contribution in [0.5, 0.6) is 5.75 Å². The maximum Gasteiger partial charge on any atom is 0.118 e. The number of methoxy groups -OCH3 is 1. The van der Waals surface area contributed by atoms with Crippen LogP contribution in [0.25, 0.3) is 0 Å². The molecule has 0 fully saturated rings. The largest absolute Gasteiger partial charge is 0.497 e. The maximum atomic E-state index is 5.96. The van der Waals surface area contributed by atoms with E-state index in [9.17, 15) is 0 Å². The monoisotopic (exact) mass is 279 g/mol. The molecule has 0 atom stereocenters. The third kappa shape index (κ3) is 3.19. The first-order valence-corrected chi connectivity index (χ1v) is 6.73. The summed E-state index contributed by atoms with van der Waals surface area (Å²) in [6.45, 7) is 0.485. The van der Waals surface area contributed by atoms with E-state index in [1.807, 2.05) is 42.5 Å². The Morgan fingerprint density at radius 1 is 1.17 bits per heavy atom. The van der Waals surface area contributed by atoms with Crippen LogP contribution in [0.2, 0.25) is 5.02 Å². The normalized spacial score (nSPS) is 10.4. The van der Waals surface area contributed by atoms with Crippen LogP contribution >= 0.6 is 23.4 Å². The number of nitrogens with two attached hydrogens (primary N) is 1. The number of benzene rings is 2. The first kappa shape index (κ1) is 13.3. The number of rotatable bonds is 4. The van der Waals surface area contributed by atoms with Crippen LogP contribution in [-0.2, 0) is 6.54 Å². The van der Waals surface area contributed by atoms with Crippen LogP contribution in [0, 0.1) is 0 Å². The highest BCUT2D eigenvalue weighted by atomic mass is 35.5. The second-order valence-electron chi connectivity index (χ2n) is 3.73. The molecule has 2 N–H and O–H groups in total. The Kier molecular flexibility index (Phi) is 4.53. The van der Waals surface area contributed by atoms with Crippen LogP contribution in [-0.4, -0.2) is 7.11 Å². The Hall–Kier alpha value is -1.16. The number of halogens is 1. The van der Waals surface area contributed by atoms with Crippen molar-refractivity contribution in [1.82, 2.24) is 0 Å². The zero-order chi connectivity index (χ0) is 13.0. The van der Waals surface area contributed by atoms with E-state index >= 15 is 0 Å². The fourth-order valence-corrected chi connectivity index (χ4v) is 2.71. The van der Waals surface area contributed by atoms with Gasteiger partial charge in [-0.05, 0) is 48.0 Å². The van der Waals surface area contributed by atoms with Crippen LogP contribution in [0.15, 0.2) is 52.3 Å². The molecule has 2 aromatic rings. The van der Waals surface area contributed by atoms with Crippen LogP contribution in [0.1, 0.15) is 5.56 Å². The zero-order valence-electron chi connectivity index (χ0n) is 10.0. The molecule has 18 heavy (non-hydrogen) atoms. The minimum absolute atomic E-state index is 0.485. The fourth-order valence-electron chi connectivity index (χ4n) is 1.58. The molecule has 0 saturated carbocycles. The molecule has 0 radical (unpaired) electrons. The van der Waals surface area contributed by atoms with Gasteiger partial charge in [0.15, 0.2) is 0 Å². The van der Waals surface area contributed by atoms with Crippen molar-refractivity contribution < 1.29 is 4.74 Å². The van der Waals surface area contributed by atoms with Gasteiger partial charge in [0, 0.05) is 21.4 Å². The van der Waals surface area contributed by atoms with Crippen molar-refractivity contribution in [2.45, 2.75) is 16.3 Å². The first-order chi connectivity index (χ1) is 8.72. The van der Waals surface area contributed by atoms with E-state index in [1.165, 1.54) is 0 Å². The van der Waals surface area contributed by atoms with Crippen molar-refractivity contribution in [3.8, 4) is 5.75 Å². The van der Waals surface area contributed by atoms with E-state index < -0.39 is 0 Å². The van der Waals surface area contributed by atoms with Gasteiger partial charge < -0.3 is 10.5 Å². The topological polar surface area (TPSA) is 35.2 Å². The van der Waals surface area contributed by atoms with Gasteiger partial charge in [0.2, 0.25) is 0 Å². The molecule has 0 unspecified atom stereocenters. The summed E-state index contributed by atoms with van der Waals surface area (Å²) in [6, 6.07) is 13.7. The lowest BCUT2D eigenvalue weighted by Gasteiger charge is -2.08. The van der Waals surface area contributed by atoms with Gasteiger partial charge in [-0.1, -0.05) is 23.4 Å². The molecule has 94 valence electrons. The molecule has 2 nitrogen and oxygen atoms in total. The van der Waals surface area contributed by atoms with Gasteiger partial charge in [-0.3, -0.25) is 0 Å². The summed E-state index contributed by atoms with van der Waals surface area (Å²) in [5.41, 5.74) is 6.79. The summed E-state index contributed by atoms with van der Waals surface area (Å²) >= 11 is 7.63. The highest BCUT2D eigenvalue weighted by Crippen LogP contribution is 2.32. The van der Waals surface area contributed by atoms with Crippen molar-refractivity contribution in [1.29, 1.82) is 0 Å². The minimum Gasteiger partial charge on any atom is -0.497 e.